The van der Waals surface area contributed by atoms with E-state index in [0.29, 0.717) is 23.2 Å². The molecule has 1 aliphatic carbocycles. The molecule has 4 nitrogen and oxygen atoms in total. The fraction of sp³-hybridized carbons (Fsp3) is 0.429. The summed E-state index contributed by atoms with van der Waals surface area (Å²) in [5, 5.41) is 5.60. The number of amides is 2. The van der Waals surface area contributed by atoms with Gasteiger partial charge in [0.15, 0.2) is 5.78 Å². The van der Waals surface area contributed by atoms with Gasteiger partial charge in [0.2, 0.25) is 0 Å². The van der Waals surface area contributed by atoms with Crippen molar-refractivity contribution in [1.29, 1.82) is 0 Å². The topological polar surface area (TPSA) is 58.2 Å². The number of ketones is 1. The Kier molecular flexibility index (Phi) is 3.36. The van der Waals surface area contributed by atoms with Crippen LogP contribution in [0.5, 0.6) is 0 Å². The normalized spacial score (nSPS) is 15.9. The average Bonchev–Trinajstić information content (AvgIpc) is 3.06. The molecule has 4 heteroatoms. The minimum atomic E-state index is -0.196. The van der Waals surface area contributed by atoms with Crippen molar-refractivity contribution in [1.82, 2.24) is 5.32 Å². The first kappa shape index (κ1) is 12.6. The van der Waals surface area contributed by atoms with Crippen molar-refractivity contribution in [3.8, 4) is 0 Å². The highest BCUT2D eigenvalue weighted by molar-refractivity contribution is 5.95. The van der Waals surface area contributed by atoms with Crippen LogP contribution >= 0.6 is 0 Å². The number of rotatable bonds is 4. The molecule has 2 rings (SSSR count). The summed E-state index contributed by atoms with van der Waals surface area (Å²) >= 11 is 0. The Balaban J connectivity index is 1.84. The third kappa shape index (κ3) is 3.32. The van der Waals surface area contributed by atoms with Gasteiger partial charge in [-0.2, -0.15) is 0 Å². The maximum absolute atomic E-state index is 11.6. The second-order valence-electron chi connectivity index (χ2n) is 5.25. The molecule has 1 fully saturated rings. The number of carbonyl (C=O) groups is 2. The summed E-state index contributed by atoms with van der Waals surface area (Å²) in [6.07, 6.45) is 2.36. The molecule has 0 bridgehead atoms. The monoisotopic (exact) mass is 246 g/mol. The molecule has 1 aromatic rings. The van der Waals surface area contributed by atoms with Gasteiger partial charge in [-0.1, -0.05) is 6.92 Å². The van der Waals surface area contributed by atoms with Gasteiger partial charge in [-0.25, -0.2) is 4.79 Å². The van der Waals surface area contributed by atoms with Gasteiger partial charge in [-0.15, -0.1) is 0 Å². The molecule has 2 amide bonds. The summed E-state index contributed by atoms with van der Waals surface area (Å²) < 4.78 is 0. The molecule has 1 aliphatic rings. The van der Waals surface area contributed by atoms with Gasteiger partial charge in [0, 0.05) is 17.8 Å². The van der Waals surface area contributed by atoms with Crippen LogP contribution in [0, 0.1) is 5.41 Å². The first-order valence-electron chi connectivity index (χ1n) is 6.14. The molecule has 0 spiro atoms. The molecule has 0 radical (unpaired) electrons. The van der Waals surface area contributed by atoms with Gasteiger partial charge < -0.3 is 10.6 Å². The van der Waals surface area contributed by atoms with E-state index in [1.54, 1.807) is 24.3 Å². The highest BCUT2D eigenvalue weighted by Crippen LogP contribution is 2.43. The van der Waals surface area contributed by atoms with Crippen LogP contribution in [0.3, 0.4) is 0 Å². The zero-order chi connectivity index (χ0) is 13.2. The van der Waals surface area contributed by atoms with Gasteiger partial charge in [0.25, 0.3) is 0 Å². The number of hydrogen-bond donors (Lipinski definition) is 2. The number of carbonyl (C=O) groups excluding carboxylic acids is 2. The van der Waals surface area contributed by atoms with Crippen molar-refractivity contribution in [2.75, 3.05) is 11.9 Å². The van der Waals surface area contributed by atoms with Crippen molar-refractivity contribution in [2.24, 2.45) is 5.41 Å². The van der Waals surface area contributed by atoms with E-state index in [9.17, 15) is 9.59 Å². The van der Waals surface area contributed by atoms with Crippen LogP contribution in [0.2, 0.25) is 0 Å². The maximum Gasteiger partial charge on any atom is 0.319 e. The largest absolute Gasteiger partial charge is 0.337 e. The Morgan fingerprint density at radius 3 is 2.33 bits per heavy atom. The molecule has 0 atom stereocenters. The number of anilines is 1. The van der Waals surface area contributed by atoms with Crippen molar-refractivity contribution < 1.29 is 9.59 Å². The van der Waals surface area contributed by atoms with Crippen LogP contribution < -0.4 is 10.6 Å². The van der Waals surface area contributed by atoms with Gasteiger partial charge in [-0.3, -0.25) is 4.79 Å². The molecule has 0 heterocycles. The number of hydrogen-bond acceptors (Lipinski definition) is 2. The summed E-state index contributed by atoms with van der Waals surface area (Å²) in [6.45, 7) is 4.39. The SMILES string of the molecule is CC(=O)c1ccc(NC(=O)NCC2(C)CC2)cc1. The molecule has 0 saturated heterocycles. The van der Waals surface area contributed by atoms with E-state index in [2.05, 4.69) is 17.6 Å². The zero-order valence-corrected chi connectivity index (χ0v) is 10.7. The van der Waals surface area contributed by atoms with Gasteiger partial charge in [0.05, 0.1) is 0 Å². The summed E-state index contributed by atoms with van der Waals surface area (Å²) in [7, 11) is 0. The minimum Gasteiger partial charge on any atom is -0.337 e. The van der Waals surface area contributed by atoms with Crippen LogP contribution in [0.4, 0.5) is 10.5 Å². The summed E-state index contributed by atoms with van der Waals surface area (Å²) in [5.41, 5.74) is 1.64. The van der Waals surface area contributed by atoms with Gasteiger partial charge >= 0.3 is 6.03 Å². The van der Waals surface area contributed by atoms with E-state index in [-0.39, 0.29) is 11.8 Å². The number of Topliss-reactive ketones (excluding diaryl/α,β-unsaturated/α-hetero) is 1. The smallest absolute Gasteiger partial charge is 0.319 e. The maximum atomic E-state index is 11.6. The lowest BCUT2D eigenvalue weighted by Crippen LogP contribution is -2.32. The van der Waals surface area contributed by atoms with Crippen molar-refractivity contribution in [2.45, 2.75) is 26.7 Å². The Morgan fingerprint density at radius 1 is 1.22 bits per heavy atom. The minimum absolute atomic E-state index is 0.0210. The van der Waals surface area contributed by atoms with E-state index in [1.807, 2.05) is 0 Å². The molecule has 0 aromatic heterocycles. The molecular formula is C14H18N2O2. The fourth-order valence-corrected chi connectivity index (χ4v) is 1.65. The van der Waals surface area contributed by atoms with E-state index in [1.165, 1.54) is 19.8 Å². The summed E-state index contributed by atoms with van der Waals surface area (Å²) in [4.78, 5) is 22.7. The van der Waals surface area contributed by atoms with Crippen molar-refractivity contribution in [3.63, 3.8) is 0 Å². The number of nitrogens with one attached hydrogen (secondary N) is 2. The Morgan fingerprint density at radius 2 is 1.83 bits per heavy atom. The highest BCUT2D eigenvalue weighted by atomic mass is 16.2. The molecule has 96 valence electrons. The quantitative estimate of drug-likeness (QED) is 0.802. The van der Waals surface area contributed by atoms with Crippen LogP contribution in [0.25, 0.3) is 0 Å². The predicted octanol–water partition coefficient (Wildman–Crippen LogP) is 2.81. The first-order chi connectivity index (χ1) is 8.48. The van der Waals surface area contributed by atoms with Crippen LogP contribution in [0.1, 0.15) is 37.0 Å². The van der Waals surface area contributed by atoms with E-state index in [4.69, 9.17) is 0 Å². The van der Waals surface area contributed by atoms with Gasteiger partial charge in [-0.05, 0) is 49.4 Å². The lowest BCUT2D eigenvalue weighted by atomic mass is 10.1. The molecule has 2 N–H and O–H groups in total. The van der Waals surface area contributed by atoms with Crippen LogP contribution in [-0.2, 0) is 0 Å². The Hall–Kier alpha value is -1.84. The Labute approximate surface area is 107 Å². The van der Waals surface area contributed by atoms with Crippen LogP contribution in [-0.4, -0.2) is 18.4 Å². The zero-order valence-electron chi connectivity index (χ0n) is 10.7. The second-order valence-corrected chi connectivity index (χ2v) is 5.25. The first-order valence-corrected chi connectivity index (χ1v) is 6.14. The van der Waals surface area contributed by atoms with E-state index < -0.39 is 0 Å². The van der Waals surface area contributed by atoms with Gasteiger partial charge in [0.1, 0.15) is 0 Å². The lowest BCUT2D eigenvalue weighted by molar-refractivity contribution is 0.101. The highest BCUT2D eigenvalue weighted by Gasteiger charge is 2.37. The standard InChI is InChI=1S/C14H18N2O2/c1-10(17)11-3-5-12(6-4-11)16-13(18)15-9-14(2)7-8-14/h3-6H,7-9H2,1-2H3,(H2,15,16,18). The van der Waals surface area contributed by atoms with E-state index >= 15 is 0 Å². The number of urea groups is 1. The summed E-state index contributed by atoms with van der Waals surface area (Å²) in [5.74, 6) is 0.0210. The lowest BCUT2D eigenvalue weighted by Gasteiger charge is -2.11. The molecule has 1 aromatic carbocycles. The predicted molar refractivity (Wildman–Crippen MR) is 70.8 cm³/mol. The van der Waals surface area contributed by atoms with E-state index in [0.717, 1.165) is 0 Å². The van der Waals surface area contributed by atoms with Crippen LogP contribution in [0.15, 0.2) is 24.3 Å². The third-order valence-corrected chi connectivity index (χ3v) is 3.33. The fourth-order valence-electron chi connectivity index (χ4n) is 1.65. The second kappa shape index (κ2) is 4.80. The molecule has 0 aliphatic heterocycles. The van der Waals surface area contributed by atoms with Crippen molar-refractivity contribution in [3.05, 3.63) is 29.8 Å². The Bertz CT molecular complexity index is 461. The molecule has 0 unspecified atom stereocenters. The molecule has 1 saturated carbocycles. The molecular weight excluding hydrogens is 228 g/mol. The third-order valence-electron chi connectivity index (χ3n) is 3.33. The molecule has 18 heavy (non-hydrogen) atoms. The average molecular weight is 246 g/mol. The summed E-state index contributed by atoms with van der Waals surface area (Å²) in [6, 6.07) is 6.68. The number of benzene rings is 1. The van der Waals surface area contributed by atoms with Crippen molar-refractivity contribution >= 4 is 17.5 Å².